The molecule has 0 aliphatic heterocycles. The molecule has 0 unspecified atom stereocenters. The van der Waals surface area contributed by atoms with Crippen molar-refractivity contribution >= 4 is 28.8 Å². The average molecular weight is 428 g/mol. The Morgan fingerprint density at radius 2 is 1.72 bits per heavy atom. The van der Waals surface area contributed by atoms with Gasteiger partial charge in [-0.3, -0.25) is 9.59 Å². The van der Waals surface area contributed by atoms with Gasteiger partial charge >= 0.3 is 0 Å². The van der Waals surface area contributed by atoms with Crippen molar-refractivity contribution in [3.8, 4) is 11.4 Å². The summed E-state index contributed by atoms with van der Waals surface area (Å²) >= 11 is 0. The summed E-state index contributed by atoms with van der Waals surface area (Å²) in [6.07, 6.45) is 3.24. The van der Waals surface area contributed by atoms with E-state index in [0.29, 0.717) is 34.1 Å². The molecule has 0 aliphatic carbocycles. The molecule has 4 rings (SSSR count). The van der Waals surface area contributed by atoms with E-state index in [9.17, 15) is 19.8 Å². The van der Waals surface area contributed by atoms with E-state index in [1.807, 2.05) is 6.07 Å². The third-order valence-electron chi connectivity index (χ3n) is 4.93. The number of phenolic OH excluding ortho intramolecular Hbond substituents is 1. The third-order valence-corrected chi connectivity index (χ3v) is 4.93. The molecule has 0 aliphatic rings. The van der Waals surface area contributed by atoms with Gasteiger partial charge in [0.05, 0.1) is 0 Å². The van der Waals surface area contributed by atoms with Crippen LogP contribution in [0.25, 0.3) is 22.8 Å². The van der Waals surface area contributed by atoms with Gasteiger partial charge in [-0.15, -0.1) is 15.0 Å². The first-order valence-electron chi connectivity index (χ1n) is 9.88. The van der Waals surface area contributed by atoms with Crippen LogP contribution in [0.1, 0.15) is 31.8 Å². The number of aromatic nitrogens is 3. The van der Waals surface area contributed by atoms with Crippen molar-refractivity contribution in [3.05, 3.63) is 89.0 Å². The molecule has 4 aromatic rings. The van der Waals surface area contributed by atoms with E-state index >= 15 is 0 Å². The van der Waals surface area contributed by atoms with Crippen LogP contribution in [-0.4, -0.2) is 43.5 Å². The van der Waals surface area contributed by atoms with Crippen LogP contribution in [-0.2, 0) is 6.42 Å². The number of hydrogen-bond acceptors (Lipinski definition) is 6. The highest BCUT2D eigenvalue weighted by Gasteiger charge is 2.15. The van der Waals surface area contributed by atoms with E-state index in [-0.39, 0.29) is 23.8 Å². The fourth-order valence-electron chi connectivity index (χ4n) is 3.29. The molecular formula is C24H20N4O4. The number of phenols is 1. The Morgan fingerprint density at radius 1 is 0.969 bits per heavy atom. The zero-order chi connectivity index (χ0) is 22.7. The summed E-state index contributed by atoms with van der Waals surface area (Å²) in [6.45, 7) is -0.0905. The molecule has 160 valence electrons. The maximum Gasteiger partial charge on any atom is 0.248 e. The van der Waals surface area contributed by atoms with Gasteiger partial charge in [-0.2, -0.15) is 0 Å². The lowest BCUT2D eigenvalue weighted by Crippen LogP contribution is -2.10. The van der Waals surface area contributed by atoms with E-state index in [1.54, 1.807) is 48.5 Å². The predicted molar refractivity (Wildman–Crippen MR) is 120 cm³/mol. The second kappa shape index (κ2) is 8.83. The molecule has 3 aromatic carbocycles. The molecule has 0 radical (unpaired) electrons. The van der Waals surface area contributed by atoms with Gasteiger partial charge in [0.15, 0.2) is 5.78 Å². The number of nitrogens with two attached hydrogens (primary N) is 1. The third kappa shape index (κ3) is 4.26. The van der Waals surface area contributed by atoms with Crippen molar-refractivity contribution < 1.29 is 19.8 Å². The minimum Gasteiger partial charge on any atom is -0.505 e. The quantitative estimate of drug-likeness (QED) is 0.306. The molecule has 0 bridgehead atoms. The lowest BCUT2D eigenvalue weighted by molar-refractivity contribution is 0.0999. The molecule has 4 N–H and O–H groups in total. The molecule has 0 spiro atoms. The lowest BCUT2D eigenvalue weighted by atomic mass is 10.0. The van der Waals surface area contributed by atoms with Crippen molar-refractivity contribution in [1.82, 2.24) is 15.0 Å². The van der Waals surface area contributed by atoms with Crippen LogP contribution < -0.4 is 5.73 Å². The number of aromatic hydroxyl groups is 1. The predicted octanol–water partition coefficient (Wildman–Crippen LogP) is 2.66. The van der Waals surface area contributed by atoms with Gasteiger partial charge in [0.2, 0.25) is 5.91 Å². The largest absolute Gasteiger partial charge is 0.505 e. The molecule has 0 atom stereocenters. The van der Waals surface area contributed by atoms with Gasteiger partial charge < -0.3 is 15.9 Å². The summed E-state index contributed by atoms with van der Waals surface area (Å²) in [5.41, 5.74) is 8.49. The Bertz CT molecular complexity index is 1340. The van der Waals surface area contributed by atoms with Gasteiger partial charge in [-0.05, 0) is 54.5 Å². The number of carbonyl (C=O) groups excluding carboxylic acids is 2. The number of carbonyl (C=O) groups is 2. The highest BCUT2D eigenvalue weighted by molar-refractivity contribution is 6.07. The van der Waals surface area contributed by atoms with Crippen LogP contribution in [0, 0.1) is 0 Å². The fourth-order valence-corrected chi connectivity index (χ4v) is 3.29. The maximum absolute atomic E-state index is 12.4. The highest BCUT2D eigenvalue weighted by atomic mass is 16.3. The number of amides is 1. The van der Waals surface area contributed by atoms with E-state index < -0.39 is 5.91 Å². The van der Waals surface area contributed by atoms with Crippen LogP contribution in [0.5, 0.6) is 5.75 Å². The van der Waals surface area contributed by atoms with Crippen molar-refractivity contribution in [1.29, 1.82) is 0 Å². The molecule has 0 fully saturated rings. The lowest BCUT2D eigenvalue weighted by Gasteiger charge is -2.10. The number of nitrogens with zero attached hydrogens (tertiary/aromatic N) is 3. The van der Waals surface area contributed by atoms with Crippen molar-refractivity contribution in [2.75, 3.05) is 6.61 Å². The summed E-state index contributed by atoms with van der Waals surface area (Å²) in [5.74, 6) is -0.912. The number of allylic oxidation sites excluding steroid dienone is 1. The average Bonchev–Trinajstić information content (AvgIpc) is 3.22. The maximum atomic E-state index is 12.4. The van der Waals surface area contributed by atoms with Crippen LogP contribution >= 0.6 is 0 Å². The minimum absolute atomic E-state index is 0.0905. The second-order valence-electron chi connectivity index (χ2n) is 7.15. The number of aliphatic hydroxyl groups excluding tert-OH is 1. The highest BCUT2D eigenvalue weighted by Crippen LogP contribution is 2.30. The molecule has 0 saturated heterocycles. The zero-order valence-corrected chi connectivity index (χ0v) is 17.0. The van der Waals surface area contributed by atoms with Crippen LogP contribution in [0.4, 0.5) is 0 Å². The smallest absolute Gasteiger partial charge is 0.248 e. The van der Waals surface area contributed by atoms with E-state index in [1.165, 1.54) is 23.0 Å². The van der Waals surface area contributed by atoms with Gasteiger partial charge in [0.25, 0.3) is 0 Å². The van der Waals surface area contributed by atoms with Crippen LogP contribution in [0.2, 0.25) is 0 Å². The number of rotatable bonds is 7. The first kappa shape index (κ1) is 21.0. The Balaban J connectivity index is 1.76. The zero-order valence-electron chi connectivity index (χ0n) is 17.0. The molecule has 8 nitrogen and oxygen atoms in total. The normalized spacial score (nSPS) is 11.3. The van der Waals surface area contributed by atoms with Gasteiger partial charge in [-0.25, -0.2) is 0 Å². The summed E-state index contributed by atoms with van der Waals surface area (Å²) in [4.78, 5) is 25.1. The van der Waals surface area contributed by atoms with Crippen LogP contribution in [0.3, 0.4) is 0 Å². The van der Waals surface area contributed by atoms with Crippen molar-refractivity contribution in [2.24, 2.45) is 5.73 Å². The fraction of sp³-hybridized carbons (Fsp3) is 0.0833. The van der Waals surface area contributed by atoms with E-state index in [0.717, 1.165) is 5.56 Å². The number of primary amides is 1. The first-order chi connectivity index (χ1) is 15.5. The number of benzene rings is 3. The molecule has 0 saturated carbocycles. The summed E-state index contributed by atoms with van der Waals surface area (Å²) in [7, 11) is 0. The molecule has 1 heterocycles. The van der Waals surface area contributed by atoms with Crippen molar-refractivity contribution in [3.63, 3.8) is 0 Å². The minimum atomic E-state index is -0.579. The summed E-state index contributed by atoms with van der Waals surface area (Å²) in [6, 6.07) is 16.8. The molecule has 8 heteroatoms. The number of fused-ring (bicyclic) bond motifs is 1. The topological polar surface area (TPSA) is 131 Å². The Morgan fingerprint density at radius 3 is 2.44 bits per heavy atom. The Hall–Kier alpha value is -4.30. The van der Waals surface area contributed by atoms with Gasteiger partial charge in [0.1, 0.15) is 22.5 Å². The molecule has 32 heavy (non-hydrogen) atoms. The SMILES string of the molecule is NC(=O)c1ccc2nn(-c3cc(CCO)cc(C=CC(=O)c4ccccc4)c3O)nc2c1. The van der Waals surface area contributed by atoms with Gasteiger partial charge in [-0.1, -0.05) is 30.3 Å². The summed E-state index contributed by atoms with van der Waals surface area (Å²) in [5, 5.41) is 29.0. The number of hydrogen-bond donors (Lipinski definition) is 3. The monoisotopic (exact) mass is 428 g/mol. The van der Waals surface area contributed by atoms with Gasteiger partial charge in [0, 0.05) is 23.3 Å². The summed E-state index contributed by atoms with van der Waals surface area (Å²) < 4.78 is 0. The Labute approximate surface area is 183 Å². The molecule has 1 amide bonds. The number of aliphatic hydroxyl groups is 1. The van der Waals surface area contributed by atoms with Crippen LogP contribution in [0.15, 0.2) is 66.7 Å². The van der Waals surface area contributed by atoms with Crippen molar-refractivity contribution in [2.45, 2.75) is 6.42 Å². The molecular weight excluding hydrogens is 408 g/mol. The standard InChI is InChI=1S/C24H20N4O4/c25-24(32)18-6-8-19-20(14-18)27-28(26-19)21-13-15(10-11-29)12-17(23(21)31)7-9-22(30)16-4-2-1-3-5-16/h1-9,12-14,29,31H,10-11H2,(H2,25,32). The van der Waals surface area contributed by atoms with E-state index in [2.05, 4.69) is 10.2 Å². The number of ketones is 1. The Kier molecular flexibility index (Phi) is 5.78. The second-order valence-corrected chi connectivity index (χ2v) is 7.15. The first-order valence-corrected chi connectivity index (χ1v) is 9.88. The van der Waals surface area contributed by atoms with E-state index in [4.69, 9.17) is 5.73 Å². The molecule has 1 aromatic heterocycles.